The monoisotopic (exact) mass is 341 g/mol. The summed E-state index contributed by atoms with van der Waals surface area (Å²) in [4.78, 5) is 34.4. The number of piperidine rings is 1. The number of nitrogens with one attached hydrogen (secondary N) is 1. The van der Waals surface area contributed by atoms with Crippen LogP contribution in [-0.2, 0) is 9.59 Å². The number of hydrogen-bond acceptors (Lipinski definition) is 6. The van der Waals surface area contributed by atoms with Crippen molar-refractivity contribution in [3.63, 3.8) is 0 Å². The number of hydrogen-bond donors (Lipinski definition) is 2. The molecule has 0 saturated carbocycles. The van der Waals surface area contributed by atoms with Gasteiger partial charge < -0.3 is 16.0 Å². The van der Waals surface area contributed by atoms with Crippen LogP contribution < -0.4 is 11.1 Å². The lowest BCUT2D eigenvalue weighted by Crippen LogP contribution is -2.60. The van der Waals surface area contributed by atoms with E-state index in [1.807, 2.05) is 17.0 Å². The van der Waals surface area contributed by atoms with Crippen LogP contribution in [0.15, 0.2) is 35.6 Å². The number of carbonyl (C=O) groups is 2. The third-order valence-corrected chi connectivity index (χ3v) is 4.76. The van der Waals surface area contributed by atoms with E-state index in [9.17, 15) is 9.59 Å². The Labute approximate surface area is 147 Å². The lowest BCUT2D eigenvalue weighted by Gasteiger charge is -2.36. The van der Waals surface area contributed by atoms with E-state index in [0.717, 1.165) is 18.4 Å². The van der Waals surface area contributed by atoms with Crippen LogP contribution in [-0.4, -0.2) is 52.1 Å². The van der Waals surface area contributed by atoms with Crippen molar-refractivity contribution in [2.24, 2.45) is 10.7 Å². The first-order valence-electron chi connectivity index (χ1n) is 8.44. The Bertz CT molecular complexity index is 731. The summed E-state index contributed by atoms with van der Waals surface area (Å²) in [5, 5.41) is 3.35. The Morgan fingerprint density at radius 3 is 2.56 bits per heavy atom. The van der Waals surface area contributed by atoms with Gasteiger partial charge in [0.05, 0.1) is 5.70 Å². The van der Waals surface area contributed by atoms with Crippen molar-refractivity contribution in [2.45, 2.75) is 38.3 Å². The number of nitrogens with two attached hydrogens (primary N) is 1. The van der Waals surface area contributed by atoms with Crippen LogP contribution in [0.3, 0.4) is 0 Å². The van der Waals surface area contributed by atoms with E-state index in [0.29, 0.717) is 24.6 Å². The number of rotatable bonds is 2. The number of amidine groups is 1. The molecule has 0 aromatic carbocycles. The zero-order valence-corrected chi connectivity index (χ0v) is 14.5. The molecule has 0 spiro atoms. The molecule has 3 rings (SSSR count). The van der Waals surface area contributed by atoms with E-state index in [1.165, 1.54) is 6.08 Å². The summed E-state index contributed by atoms with van der Waals surface area (Å²) < 4.78 is 0. The summed E-state index contributed by atoms with van der Waals surface area (Å²) >= 11 is 0. The Kier molecular flexibility index (Phi) is 4.67. The molecule has 7 heteroatoms. The number of pyridine rings is 1. The predicted molar refractivity (Wildman–Crippen MR) is 95.7 cm³/mol. The quantitative estimate of drug-likeness (QED) is 0.825. The third-order valence-electron chi connectivity index (χ3n) is 4.76. The topological polar surface area (TPSA) is 101 Å². The van der Waals surface area contributed by atoms with E-state index in [1.54, 1.807) is 26.2 Å². The van der Waals surface area contributed by atoms with Crippen LogP contribution in [0, 0.1) is 0 Å². The fourth-order valence-corrected chi connectivity index (χ4v) is 3.04. The molecule has 0 radical (unpaired) electrons. The molecule has 1 saturated heterocycles. The van der Waals surface area contributed by atoms with Crippen molar-refractivity contribution < 1.29 is 9.59 Å². The van der Waals surface area contributed by atoms with Crippen molar-refractivity contribution in [2.75, 3.05) is 13.1 Å². The van der Waals surface area contributed by atoms with Gasteiger partial charge in [0.1, 0.15) is 11.4 Å². The number of carbonyl (C=O) groups excluding carboxylic acids is 2. The van der Waals surface area contributed by atoms with Gasteiger partial charge in [-0.15, -0.1) is 0 Å². The first-order chi connectivity index (χ1) is 11.9. The van der Waals surface area contributed by atoms with Crippen LogP contribution in [0.2, 0.25) is 0 Å². The Balaban J connectivity index is 1.78. The predicted octanol–water partition coefficient (Wildman–Crippen LogP) is 0.722. The minimum Gasteiger partial charge on any atom is -0.369 e. The van der Waals surface area contributed by atoms with Gasteiger partial charge in [-0.2, -0.15) is 0 Å². The standard InChI is InChI=1S/C18H23N5O2/c1-12(24)23-9-5-14(6-10-23)21-17-18(2,19)16(25)11-15(22-17)13-3-7-20-8-4-13/h3-4,7-8,11,14H,5-6,9-10,19H2,1-2H3,(H,21,22). The molecule has 1 unspecified atom stereocenters. The second-order valence-electron chi connectivity index (χ2n) is 6.72. The third kappa shape index (κ3) is 3.61. The molecule has 2 aliphatic heterocycles. The molecule has 1 fully saturated rings. The van der Waals surface area contributed by atoms with Crippen molar-refractivity contribution >= 4 is 23.2 Å². The number of aromatic nitrogens is 1. The summed E-state index contributed by atoms with van der Waals surface area (Å²) in [5.74, 6) is 0.390. The summed E-state index contributed by atoms with van der Waals surface area (Å²) in [6, 6.07) is 3.76. The maximum Gasteiger partial charge on any atom is 0.219 e. The highest BCUT2D eigenvalue weighted by Crippen LogP contribution is 2.24. The van der Waals surface area contributed by atoms with Gasteiger partial charge in [-0.3, -0.25) is 14.6 Å². The van der Waals surface area contributed by atoms with Crippen LogP contribution in [0.4, 0.5) is 0 Å². The average molecular weight is 341 g/mol. The van der Waals surface area contributed by atoms with E-state index in [4.69, 9.17) is 5.73 Å². The van der Waals surface area contributed by atoms with Crippen LogP contribution in [0.25, 0.3) is 5.70 Å². The van der Waals surface area contributed by atoms with Crippen molar-refractivity contribution in [1.82, 2.24) is 15.2 Å². The highest BCUT2D eigenvalue weighted by atomic mass is 16.2. The largest absolute Gasteiger partial charge is 0.369 e. The SMILES string of the molecule is CC(=O)N1CCC(NC2=NC(c3ccncc3)=CC(=O)C2(C)N)CC1. The highest BCUT2D eigenvalue weighted by Gasteiger charge is 2.38. The van der Waals surface area contributed by atoms with Gasteiger partial charge in [-0.25, -0.2) is 4.99 Å². The summed E-state index contributed by atoms with van der Waals surface area (Å²) in [5.41, 5.74) is 6.47. The first kappa shape index (κ1) is 17.3. The molecule has 3 heterocycles. The number of ketones is 1. The molecule has 1 amide bonds. The number of aliphatic imine (C=N–C) groups is 1. The van der Waals surface area contributed by atoms with Gasteiger partial charge in [-0.1, -0.05) is 0 Å². The van der Waals surface area contributed by atoms with E-state index in [-0.39, 0.29) is 17.7 Å². The van der Waals surface area contributed by atoms with E-state index >= 15 is 0 Å². The summed E-state index contributed by atoms with van der Waals surface area (Å²) in [6.45, 7) is 4.65. The maximum atomic E-state index is 12.5. The average Bonchev–Trinajstić information content (AvgIpc) is 2.60. The Morgan fingerprint density at radius 1 is 1.32 bits per heavy atom. The molecule has 3 N–H and O–H groups in total. The molecular formula is C18H23N5O2. The second-order valence-corrected chi connectivity index (χ2v) is 6.72. The minimum atomic E-state index is -1.17. The Hall–Kier alpha value is -2.54. The summed E-state index contributed by atoms with van der Waals surface area (Å²) in [7, 11) is 0. The molecule has 1 aromatic heterocycles. The smallest absolute Gasteiger partial charge is 0.219 e. The molecule has 0 bridgehead atoms. The fraction of sp³-hybridized carbons (Fsp3) is 0.444. The molecule has 1 atom stereocenters. The maximum absolute atomic E-state index is 12.5. The lowest BCUT2D eigenvalue weighted by atomic mass is 9.90. The van der Waals surface area contributed by atoms with Gasteiger partial charge in [-0.05, 0) is 31.9 Å². The minimum absolute atomic E-state index is 0.0928. The van der Waals surface area contributed by atoms with Crippen molar-refractivity contribution in [3.8, 4) is 0 Å². The highest BCUT2D eigenvalue weighted by molar-refractivity contribution is 6.22. The first-order valence-corrected chi connectivity index (χ1v) is 8.44. The number of nitrogens with zero attached hydrogens (tertiary/aromatic N) is 3. The van der Waals surface area contributed by atoms with Gasteiger partial charge in [0.15, 0.2) is 5.78 Å². The molecular weight excluding hydrogens is 318 g/mol. The molecule has 2 aliphatic rings. The second kappa shape index (κ2) is 6.76. The molecule has 0 aliphatic carbocycles. The molecule has 1 aromatic rings. The van der Waals surface area contributed by atoms with Gasteiger partial charge in [0, 0.05) is 50.1 Å². The van der Waals surface area contributed by atoms with E-state index in [2.05, 4.69) is 15.3 Å². The molecule has 132 valence electrons. The zero-order valence-electron chi connectivity index (χ0n) is 14.5. The van der Waals surface area contributed by atoms with Crippen LogP contribution >= 0.6 is 0 Å². The van der Waals surface area contributed by atoms with Gasteiger partial charge in [0.25, 0.3) is 0 Å². The van der Waals surface area contributed by atoms with Crippen molar-refractivity contribution in [1.29, 1.82) is 0 Å². The lowest BCUT2D eigenvalue weighted by molar-refractivity contribution is -0.129. The van der Waals surface area contributed by atoms with Gasteiger partial charge in [0.2, 0.25) is 5.91 Å². The normalized spacial score (nSPS) is 24.6. The number of likely N-dealkylation sites (tertiary alicyclic amines) is 1. The molecule has 25 heavy (non-hydrogen) atoms. The zero-order chi connectivity index (χ0) is 18.0. The molecule has 7 nitrogen and oxygen atoms in total. The van der Waals surface area contributed by atoms with Gasteiger partial charge >= 0.3 is 0 Å². The van der Waals surface area contributed by atoms with Crippen LogP contribution in [0.1, 0.15) is 32.3 Å². The van der Waals surface area contributed by atoms with Crippen molar-refractivity contribution in [3.05, 3.63) is 36.2 Å². The van der Waals surface area contributed by atoms with Crippen LogP contribution in [0.5, 0.6) is 0 Å². The fourth-order valence-electron chi connectivity index (χ4n) is 3.04. The Morgan fingerprint density at radius 2 is 1.96 bits per heavy atom. The summed E-state index contributed by atoms with van der Waals surface area (Å²) in [6.07, 6.45) is 6.42. The van der Waals surface area contributed by atoms with E-state index < -0.39 is 5.54 Å². The number of amides is 1.